The molecule has 1 amide bonds. The van der Waals surface area contributed by atoms with Crippen LogP contribution < -0.4 is 5.32 Å². The molecule has 0 spiro atoms. The fourth-order valence-corrected chi connectivity index (χ4v) is 4.72. The van der Waals surface area contributed by atoms with Crippen molar-refractivity contribution < 1.29 is 22.7 Å². The van der Waals surface area contributed by atoms with Gasteiger partial charge in [-0.05, 0) is 37.6 Å². The summed E-state index contributed by atoms with van der Waals surface area (Å²) < 4.78 is 44.7. The maximum atomic E-state index is 13.1. The first-order valence-corrected chi connectivity index (χ1v) is 9.94. The van der Waals surface area contributed by atoms with Crippen molar-refractivity contribution in [2.24, 2.45) is 0 Å². The summed E-state index contributed by atoms with van der Waals surface area (Å²) in [5.41, 5.74) is -0.309. The molecule has 1 aromatic rings. The summed E-state index contributed by atoms with van der Waals surface area (Å²) in [5, 5.41) is 3.46. The largest absolute Gasteiger partial charge is 0.416 e. The van der Waals surface area contributed by atoms with E-state index in [2.05, 4.69) is 10.2 Å². The van der Waals surface area contributed by atoms with Gasteiger partial charge in [0.1, 0.15) is 0 Å². The number of nitrogens with one attached hydrogen (secondary N) is 1. The van der Waals surface area contributed by atoms with Crippen molar-refractivity contribution in [3.05, 3.63) is 35.4 Å². The van der Waals surface area contributed by atoms with Crippen LogP contribution in [0.15, 0.2) is 24.3 Å². The lowest BCUT2D eigenvalue weighted by molar-refractivity contribution is -0.143. The number of alkyl halides is 3. The molecular weight excluding hydrogens is 371 g/mol. The number of likely N-dealkylation sites (tertiary alicyclic amines) is 1. The number of rotatable bonds is 3. The van der Waals surface area contributed by atoms with Crippen LogP contribution in [0.5, 0.6) is 0 Å². The fourth-order valence-electron chi connectivity index (χ4n) is 4.72. The smallest absolute Gasteiger partial charge is 0.378 e. The monoisotopic (exact) mass is 397 g/mol. The predicted octanol–water partition coefficient (Wildman–Crippen LogP) is 1.91. The molecule has 28 heavy (non-hydrogen) atoms. The molecule has 8 heteroatoms. The number of carbonyl (C=O) groups excluding carboxylic acids is 1. The maximum Gasteiger partial charge on any atom is 0.416 e. The van der Waals surface area contributed by atoms with E-state index in [-0.39, 0.29) is 30.5 Å². The fraction of sp³-hybridized carbons (Fsp3) is 0.650. The van der Waals surface area contributed by atoms with Gasteiger partial charge in [0.05, 0.1) is 43.3 Å². The van der Waals surface area contributed by atoms with Gasteiger partial charge in [-0.1, -0.05) is 18.2 Å². The molecule has 1 N–H and O–H groups in total. The number of hydrogen-bond acceptors (Lipinski definition) is 4. The minimum absolute atomic E-state index is 0.00102. The third kappa shape index (κ3) is 4.04. The molecule has 3 aliphatic heterocycles. The molecule has 5 nitrogen and oxygen atoms in total. The zero-order valence-corrected chi connectivity index (χ0v) is 15.8. The van der Waals surface area contributed by atoms with Crippen molar-refractivity contribution >= 4 is 5.91 Å². The van der Waals surface area contributed by atoms with Gasteiger partial charge >= 0.3 is 6.18 Å². The van der Waals surface area contributed by atoms with E-state index in [0.29, 0.717) is 31.9 Å². The van der Waals surface area contributed by atoms with Crippen molar-refractivity contribution in [3.63, 3.8) is 0 Å². The summed E-state index contributed by atoms with van der Waals surface area (Å²) in [6, 6.07) is 5.29. The lowest BCUT2D eigenvalue weighted by Crippen LogP contribution is -2.70. The molecule has 3 saturated heterocycles. The SMILES string of the molecule is O=C(Cc1cccc(C(F)(F)F)c1)N1CCNC2COCC(N3CCCC3)[C@H]21. The first-order chi connectivity index (χ1) is 13.4. The van der Waals surface area contributed by atoms with Gasteiger partial charge in [-0.25, -0.2) is 0 Å². The highest BCUT2D eigenvalue weighted by Crippen LogP contribution is 2.30. The topological polar surface area (TPSA) is 44.8 Å². The number of carbonyl (C=O) groups is 1. The second-order valence-corrected chi connectivity index (χ2v) is 7.86. The second-order valence-electron chi connectivity index (χ2n) is 7.86. The van der Waals surface area contributed by atoms with E-state index < -0.39 is 11.7 Å². The highest BCUT2D eigenvalue weighted by atomic mass is 19.4. The number of nitrogens with zero attached hydrogens (tertiary/aromatic N) is 2. The van der Waals surface area contributed by atoms with Gasteiger partial charge in [0, 0.05) is 13.1 Å². The summed E-state index contributed by atoms with van der Waals surface area (Å²) >= 11 is 0. The highest BCUT2D eigenvalue weighted by Gasteiger charge is 2.45. The molecule has 3 aliphatic rings. The van der Waals surface area contributed by atoms with Crippen LogP contribution in [0.2, 0.25) is 0 Å². The summed E-state index contributed by atoms with van der Waals surface area (Å²) in [5.74, 6) is -0.109. The Morgan fingerprint density at radius 1 is 1.18 bits per heavy atom. The molecule has 0 saturated carbocycles. The van der Waals surface area contributed by atoms with Crippen molar-refractivity contribution in [2.75, 3.05) is 39.4 Å². The molecule has 3 fully saturated rings. The quantitative estimate of drug-likeness (QED) is 0.847. The van der Waals surface area contributed by atoms with Gasteiger partial charge in [-0.3, -0.25) is 9.69 Å². The molecule has 0 bridgehead atoms. The number of fused-ring (bicyclic) bond motifs is 1. The lowest BCUT2D eigenvalue weighted by Gasteiger charge is -2.50. The van der Waals surface area contributed by atoms with Crippen LogP contribution in [0.1, 0.15) is 24.0 Å². The van der Waals surface area contributed by atoms with Crippen molar-refractivity contribution in [3.8, 4) is 0 Å². The third-order valence-corrected chi connectivity index (χ3v) is 6.05. The van der Waals surface area contributed by atoms with E-state index in [1.165, 1.54) is 6.07 Å². The van der Waals surface area contributed by atoms with Crippen LogP contribution in [-0.2, 0) is 22.1 Å². The molecule has 3 heterocycles. The Labute approximate surface area is 162 Å². The number of hydrogen-bond donors (Lipinski definition) is 1. The number of ether oxygens (including phenoxy) is 1. The molecular formula is C20H26F3N3O2. The molecule has 0 aromatic heterocycles. The van der Waals surface area contributed by atoms with Crippen LogP contribution in [-0.4, -0.2) is 73.2 Å². The molecule has 0 aliphatic carbocycles. The van der Waals surface area contributed by atoms with Crippen LogP contribution in [0, 0.1) is 0 Å². The van der Waals surface area contributed by atoms with Gasteiger partial charge in [0.2, 0.25) is 5.91 Å². The third-order valence-electron chi connectivity index (χ3n) is 6.05. The van der Waals surface area contributed by atoms with Gasteiger partial charge in [-0.2, -0.15) is 13.2 Å². The number of piperazine rings is 1. The first kappa shape index (κ1) is 19.7. The minimum Gasteiger partial charge on any atom is -0.378 e. The highest BCUT2D eigenvalue weighted by molar-refractivity contribution is 5.79. The van der Waals surface area contributed by atoms with E-state index >= 15 is 0 Å². The van der Waals surface area contributed by atoms with E-state index in [0.717, 1.165) is 38.1 Å². The Morgan fingerprint density at radius 2 is 1.96 bits per heavy atom. The van der Waals surface area contributed by atoms with E-state index in [9.17, 15) is 18.0 Å². The molecule has 154 valence electrons. The van der Waals surface area contributed by atoms with Crippen LogP contribution in [0.3, 0.4) is 0 Å². The second kappa shape index (κ2) is 8.00. The normalized spacial score (nSPS) is 29.0. The predicted molar refractivity (Wildman–Crippen MR) is 97.9 cm³/mol. The summed E-state index contributed by atoms with van der Waals surface area (Å²) in [6.45, 7) is 4.41. The first-order valence-electron chi connectivity index (χ1n) is 9.94. The number of halogens is 3. The Balaban J connectivity index is 1.52. The Morgan fingerprint density at radius 3 is 2.71 bits per heavy atom. The summed E-state index contributed by atoms with van der Waals surface area (Å²) in [6.07, 6.45) is -2.11. The van der Waals surface area contributed by atoms with Gasteiger partial charge in [-0.15, -0.1) is 0 Å². The van der Waals surface area contributed by atoms with Gasteiger partial charge < -0.3 is 15.0 Å². The van der Waals surface area contributed by atoms with Crippen LogP contribution >= 0.6 is 0 Å². The standard InChI is InChI=1S/C20H26F3N3O2/c21-20(22,23)15-5-3-4-14(10-15)11-18(27)26-9-6-24-16-12-28-13-17(19(16)26)25-7-1-2-8-25/h3-5,10,16-17,19,24H,1-2,6-9,11-13H2/t16?,17?,19-/m0/s1. The van der Waals surface area contributed by atoms with E-state index in [4.69, 9.17) is 4.74 Å². The van der Waals surface area contributed by atoms with E-state index in [1.807, 2.05) is 4.90 Å². The van der Waals surface area contributed by atoms with Crippen molar-refractivity contribution in [2.45, 2.75) is 43.6 Å². The van der Waals surface area contributed by atoms with Gasteiger partial charge in [0.15, 0.2) is 0 Å². The molecule has 1 aromatic carbocycles. The van der Waals surface area contributed by atoms with Gasteiger partial charge in [0.25, 0.3) is 0 Å². The van der Waals surface area contributed by atoms with Crippen molar-refractivity contribution in [1.82, 2.24) is 15.1 Å². The zero-order valence-electron chi connectivity index (χ0n) is 15.8. The Hall–Kier alpha value is -1.64. The average molecular weight is 397 g/mol. The molecule has 2 unspecified atom stereocenters. The van der Waals surface area contributed by atoms with Crippen LogP contribution in [0.4, 0.5) is 13.2 Å². The molecule has 0 radical (unpaired) electrons. The zero-order chi connectivity index (χ0) is 19.7. The lowest BCUT2D eigenvalue weighted by atomic mass is 9.92. The Kier molecular flexibility index (Phi) is 5.62. The van der Waals surface area contributed by atoms with Crippen molar-refractivity contribution in [1.29, 1.82) is 0 Å². The Bertz CT molecular complexity index is 704. The molecule has 3 atom stereocenters. The summed E-state index contributed by atoms with van der Waals surface area (Å²) in [4.78, 5) is 17.4. The van der Waals surface area contributed by atoms with E-state index in [1.54, 1.807) is 6.07 Å². The van der Waals surface area contributed by atoms with Crippen LogP contribution in [0.25, 0.3) is 0 Å². The number of amides is 1. The molecule has 4 rings (SSSR count). The number of benzene rings is 1. The average Bonchev–Trinajstić information content (AvgIpc) is 3.21. The minimum atomic E-state index is -4.40. The summed E-state index contributed by atoms with van der Waals surface area (Å²) in [7, 11) is 0. The maximum absolute atomic E-state index is 13.1.